The number of rotatable bonds is 40. The fraction of sp³-hybridized carbons (Fsp3) is 0.738. The topological polar surface area (TPSA) is 25.3 Å². The van der Waals surface area contributed by atoms with Crippen molar-refractivity contribution >= 4 is 11.4 Å². The van der Waals surface area contributed by atoms with Crippen LogP contribution in [0.2, 0.25) is 9.79 Å². The normalized spacial score (nSPS) is 12.7. The molecular formula is C61H104N2Pd. The first-order valence-electron chi connectivity index (χ1n) is 28.1. The van der Waals surface area contributed by atoms with Gasteiger partial charge in [-0.05, 0) is 111 Å². The van der Waals surface area contributed by atoms with E-state index in [4.69, 9.17) is 0 Å². The predicted molar refractivity (Wildman–Crippen MR) is 283 cm³/mol. The minimum atomic E-state index is 0.981. The van der Waals surface area contributed by atoms with Gasteiger partial charge in [0.25, 0.3) is 0 Å². The van der Waals surface area contributed by atoms with Gasteiger partial charge in [0.05, 0.1) is 0 Å². The summed E-state index contributed by atoms with van der Waals surface area (Å²) in [6.07, 6.45) is 48.9. The van der Waals surface area contributed by atoms with Gasteiger partial charge in [-0.15, -0.1) is 0 Å². The van der Waals surface area contributed by atoms with E-state index in [2.05, 4.69) is 90.9 Å². The molecule has 2 aromatic carbocycles. The fourth-order valence-electron chi connectivity index (χ4n) is 9.11. The van der Waals surface area contributed by atoms with Crippen molar-refractivity contribution < 1.29 is 22.7 Å². The minimum absolute atomic E-state index is 0.981. The van der Waals surface area contributed by atoms with Crippen molar-refractivity contribution in [3.05, 3.63) is 87.0 Å². The molecule has 0 fully saturated rings. The van der Waals surface area contributed by atoms with Gasteiger partial charge < -0.3 is 5.53 Å². The molecule has 0 saturated carbocycles. The van der Waals surface area contributed by atoms with Gasteiger partial charge in [0.1, 0.15) is 0 Å². The van der Waals surface area contributed by atoms with Gasteiger partial charge in [0, 0.05) is 22.8 Å². The summed E-state index contributed by atoms with van der Waals surface area (Å²) in [5.74, 6) is 0. The van der Waals surface area contributed by atoms with Gasteiger partial charge in [-0.2, -0.15) is 0 Å². The summed E-state index contributed by atoms with van der Waals surface area (Å²) in [6, 6.07) is 14.7. The summed E-state index contributed by atoms with van der Waals surface area (Å²) in [7, 11) is 0. The summed E-state index contributed by atoms with van der Waals surface area (Å²) in [4.78, 5) is 3.01. The van der Waals surface area contributed by atoms with Crippen molar-refractivity contribution in [3.8, 4) is 0 Å². The van der Waals surface area contributed by atoms with Crippen LogP contribution >= 0.6 is 0 Å². The molecule has 2 aromatic rings. The number of hydrogen-bond donors (Lipinski definition) is 0. The van der Waals surface area contributed by atoms with Crippen LogP contribution in [0.3, 0.4) is 0 Å². The third kappa shape index (κ3) is 26.5. The molecule has 3 rings (SSSR count). The van der Waals surface area contributed by atoms with Gasteiger partial charge in [-0.1, -0.05) is 188 Å². The van der Waals surface area contributed by atoms with Gasteiger partial charge in [-0.3, -0.25) is 0 Å². The Kier molecular flexibility index (Phi) is 36.7. The van der Waals surface area contributed by atoms with Crippen LogP contribution in [-0.4, -0.2) is 4.70 Å². The van der Waals surface area contributed by atoms with E-state index < -0.39 is 0 Å². The molecule has 0 saturated heterocycles. The van der Waals surface area contributed by atoms with Crippen LogP contribution in [0.1, 0.15) is 287 Å². The van der Waals surface area contributed by atoms with Crippen LogP contribution in [0, 0.1) is 0 Å². The average Bonchev–Trinajstić information content (AvgIpc) is 3.63. The molecule has 3 heteroatoms. The molecule has 1 aliphatic heterocycles. The molecule has 0 unspecified atom stereocenters. The van der Waals surface area contributed by atoms with Crippen LogP contribution in [0.4, 0.5) is 0 Å². The van der Waals surface area contributed by atoms with Gasteiger partial charge in [0.2, 0.25) is 11.4 Å². The molecule has 0 amide bonds. The molecule has 1 heterocycles. The summed E-state index contributed by atoms with van der Waals surface area (Å²) in [6.45, 7) is 16.1. The number of aryl methyl sites for hydroxylation is 4. The Balaban J connectivity index is 0.00000140. The Morgan fingerprint density at radius 1 is 0.344 bits per heavy atom. The summed E-state index contributed by atoms with van der Waals surface area (Å²) in [5.41, 5.74) is 23.9. The van der Waals surface area contributed by atoms with Crippen molar-refractivity contribution in [3.63, 3.8) is 0 Å². The molecule has 0 aliphatic carbocycles. The number of nitrogens with zero attached hydrogens (tertiary/aromatic N) is 2. The van der Waals surface area contributed by atoms with E-state index in [1.807, 2.05) is 0 Å². The van der Waals surface area contributed by atoms with Crippen molar-refractivity contribution in [2.75, 3.05) is 0 Å². The van der Waals surface area contributed by atoms with Crippen LogP contribution in [0.5, 0.6) is 0 Å². The van der Waals surface area contributed by atoms with Crippen molar-refractivity contribution in [2.24, 2.45) is 0 Å². The third-order valence-corrected chi connectivity index (χ3v) is 15.4. The Bertz CT molecular complexity index is 1440. The molecule has 368 valence electrons. The summed E-state index contributed by atoms with van der Waals surface area (Å²) >= 11 is 1.07. The number of unbranched alkanes of at least 4 members (excludes halogenated alkanes) is 24. The zero-order valence-electron chi connectivity index (χ0n) is 43.6. The van der Waals surface area contributed by atoms with Crippen LogP contribution < -0.4 is 0 Å². The zero-order valence-corrected chi connectivity index (χ0v) is 45.2. The molecule has 0 aromatic heterocycles. The van der Waals surface area contributed by atoms with E-state index in [1.54, 1.807) is 4.70 Å². The van der Waals surface area contributed by atoms with Crippen molar-refractivity contribution in [2.45, 2.75) is 289 Å². The molecule has 0 N–H and O–H groups in total. The first-order chi connectivity index (χ1) is 31.5. The molecule has 0 bridgehead atoms. The van der Waals surface area contributed by atoms with Gasteiger partial charge in [-0.25, -0.2) is 4.70 Å². The zero-order chi connectivity index (χ0) is 46.3. The molecule has 64 heavy (non-hydrogen) atoms. The van der Waals surface area contributed by atoms with Crippen LogP contribution in [0.15, 0.2) is 48.0 Å². The maximum absolute atomic E-state index is 12.3. The first-order valence-corrected chi connectivity index (χ1v) is 30.3. The van der Waals surface area contributed by atoms with E-state index in [1.165, 1.54) is 241 Å². The Morgan fingerprint density at radius 2 is 0.641 bits per heavy atom. The molecule has 2 nitrogen and oxygen atoms in total. The van der Waals surface area contributed by atoms with Crippen molar-refractivity contribution in [1.82, 2.24) is 0 Å². The standard InChI is InChI=1S/C53H86N2.2C4H9.Pd/c1-6-11-16-20-24-29-33-45-38-46(34-30-25-21-17-12-7-2)41-50(40-45)52-44-49(37-28-15-10-5)53(55(52)54)51-42-47(35-31-26-22-18-13-8-3)39-48(43-51)36-32-27-23-19-14-9-4;2*1-3-4-2;/h38-44H,6-37H2,1-5H3;2*1,3-4H2,2H3;. The molecule has 1 aliphatic rings. The summed E-state index contributed by atoms with van der Waals surface area (Å²) < 4.78 is 1.61. The second-order valence-corrected chi connectivity index (χ2v) is 21.8. The van der Waals surface area contributed by atoms with Crippen LogP contribution in [0.25, 0.3) is 16.9 Å². The second kappa shape index (κ2) is 40.3. The SMILES string of the molecule is CCCCCCCCc1cc(CCCCCCCC)cc(C2=CC(CCCCC)=C(c3cc(CCCCCCCC)cc(CCCCCCCC)c3)[N+]2=[N-])c1.CCC[CH2][Pd][CH2]CCC. The Hall–Kier alpha value is -1.82. The third-order valence-electron chi connectivity index (χ3n) is 13.2. The molecular weight excluding hydrogens is 867 g/mol. The van der Waals surface area contributed by atoms with E-state index in [9.17, 15) is 5.53 Å². The number of benzene rings is 2. The molecule has 0 spiro atoms. The first kappa shape index (κ1) is 58.3. The summed E-state index contributed by atoms with van der Waals surface area (Å²) in [5, 5.41) is 0. The van der Waals surface area contributed by atoms with Gasteiger partial charge in [0.15, 0.2) is 0 Å². The van der Waals surface area contributed by atoms with E-state index in [0.717, 1.165) is 67.9 Å². The fourth-order valence-corrected chi connectivity index (χ4v) is 11.4. The van der Waals surface area contributed by atoms with E-state index in [-0.39, 0.29) is 0 Å². The van der Waals surface area contributed by atoms with Crippen LogP contribution in [-0.2, 0) is 43.7 Å². The number of allylic oxidation sites excluding steroid dienone is 2. The van der Waals surface area contributed by atoms with E-state index in [0.29, 0.717) is 0 Å². The maximum atomic E-state index is 12.3. The second-order valence-electron chi connectivity index (χ2n) is 19.5. The molecule has 0 atom stereocenters. The van der Waals surface area contributed by atoms with E-state index >= 15 is 0 Å². The quantitative estimate of drug-likeness (QED) is 0.0361. The number of hydrogen-bond acceptors (Lipinski definition) is 0. The van der Waals surface area contributed by atoms with Gasteiger partial charge >= 0.3 is 67.3 Å². The monoisotopic (exact) mass is 971 g/mol. The molecule has 0 radical (unpaired) electrons. The average molecular weight is 972 g/mol. The Morgan fingerprint density at radius 3 is 1.00 bits per heavy atom. The predicted octanol–water partition coefficient (Wildman–Crippen LogP) is 21.2. The Labute approximate surface area is 408 Å². The van der Waals surface area contributed by atoms with Crippen molar-refractivity contribution in [1.29, 1.82) is 0 Å².